The van der Waals surface area contributed by atoms with Crippen LogP contribution < -0.4 is 4.74 Å². The van der Waals surface area contributed by atoms with Crippen LogP contribution in [0.4, 0.5) is 0 Å². The van der Waals surface area contributed by atoms with E-state index in [9.17, 15) is 5.26 Å². The normalized spacial score (nSPS) is 20.6. The Kier molecular flexibility index (Phi) is 3.50. The number of nitriles is 1. The van der Waals surface area contributed by atoms with Crippen LogP contribution in [0.2, 0.25) is 0 Å². The van der Waals surface area contributed by atoms with Crippen molar-refractivity contribution >= 4 is 15.9 Å². The molecule has 1 atom stereocenters. The van der Waals surface area contributed by atoms with Gasteiger partial charge in [-0.1, -0.05) is 46.3 Å². The third kappa shape index (κ3) is 2.32. The predicted molar refractivity (Wildman–Crippen MR) is 81.7 cm³/mol. The average Bonchev–Trinajstić information content (AvgIpc) is 2.47. The maximum atomic E-state index is 9.80. The zero-order valence-electron chi connectivity index (χ0n) is 11.0. The Labute approximate surface area is 127 Å². The summed E-state index contributed by atoms with van der Waals surface area (Å²) in [5.74, 6) is 0.843. The lowest BCUT2D eigenvalue weighted by Crippen LogP contribution is -2.33. The van der Waals surface area contributed by atoms with Crippen molar-refractivity contribution in [1.29, 1.82) is 5.26 Å². The van der Waals surface area contributed by atoms with Crippen molar-refractivity contribution < 1.29 is 4.74 Å². The minimum absolute atomic E-state index is 0.490. The van der Waals surface area contributed by atoms with E-state index in [0.717, 1.165) is 27.8 Å². The zero-order valence-corrected chi connectivity index (χ0v) is 12.6. The second kappa shape index (κ2) is 5.30. The van der Waals surface area contributed by atoms with Gasteiger partial charge in [-0.05, 0) is 30.2 Å². The molecule has 2 aromatic rings. The van der Waals surface area contributed by atoms with Crippen molar-refractivity contribution in [2.24, 2.45) is 0 Å². The summed E-state index contributed by atoms with van der Waals surface area (Å²) in [4.78, 5) is 0. The van der Waals surface area contributed by atoms with E-state index in [4.69, 9.17) is 4.74 Å². The van der Waals surface area contributed by atoms with Gasteiger partial charge in [0.15, 0.2) is 0 Å². The van der Waals surface area contributed by atoms with Gasteiger partial charge in [0.25, 0.3) is 0 Å². The summed E-state index contributed by atoms with van der Waals surface area (Å²) in [6, 6.07) is 18.6. The molecule has 0 saturated heterocycles. The molecule has 0 bridgehead atoms. The lowest BCUT2D eigenvalue weighted by atomic mass is 9.73. The second-order valence-electron chi connectivity index (χ2n) is 5.10. The second-order valence-corrected chi connectivity index (χ2v) is 6.01. The highest BCUT2D eigenvalue weighted by Crippen LogP contribution is 2.40. The van der Waals surface area contributed by atoms with E-state index in [-0.39, 0.29) is 0 Å². The molecule has 2 nitrogen and oxygen atoms in total. The fraction of sp³-hybridized carbons (Fsp3) is 0.235. The van der Waals surface area contributed by atoms with Crippen LogP contribution in [0, 0.1) is 11.3 Å². The SMILES string of the molecule is N#CC1(Cc2cccc(Br)c2)CCOc2ccccc21. The first-order chi connectivity index (χ1) is 9.73. The highest BCUT2D eigenvalue weighted by Gasteiger charge is 2.38. The Hall–Kier alpha value is -1.79. The largest absolute Gasteiger partial charge is 0.493 e. The van der Waals surface area contributed by atoms with Crippen LogP contribution in [0.5, 0.6) is 5.75 Å². The quantitative estimate of drug-likeness (QED) is 0.826. The van der Waals surface area contributed by atoms with Crippen LogP contribution >= 0.6 is 15.9 Å². The predicted octanol–water partition coefficient (Wildman–Crippen LogP) is 4.24. The Morgan fingerprint density at radius 1 is 1.20 bits per heavy atom. The lowest BCUT2D eigenvalue weighted by Gasteiger charge is -2.33. The van der Waals surface area contributed by atoms with Crippen LogP contribution in [-0.4, -0.2) is 6.61 Å². The van der Waals surface area contributed by atoms with E-state index >= 15 is 0 Å². The number of hydrogen-bond donors (Lipinski definition) is 0. The maximum Gasteiger partial charge on any atom is 0.124 e. The molecule has 1 heterocycles. The van der Waals surface area contributed by atoms with Crippen molar-refractivity contribution in [2.75, 3.05) is 6.61 Å². The molecule has 20 heavy (non-hydrogen) atoms. The van der Waals surface area contributed by atoms with Crippen LogP contribution in [0.3, 0.4) is 0 Å². The topological polar surface area (TPSA) is 33.0 Å². The Morgan fingerprint density at radius 3 is 2.85 bits per heavy atom. The van der Waals surface area contributed by atoms with Crippen LogP contribution in [0.15, 0.2) is 53.0 Å². The van der Waals surface area contributed by atoms with E-state index in [1.54, 1.807) is 0 Å². The number of hydrogen-bond acceptors (Lipinski definition) is 2. The zero-order chi connectivity index (χ0) is 14.0. The van der Waals surface area contributed by atoms with Crippen molar-refractivity contribution in [3.63, 3.8) is 0 Å². The molecular formula is C17H14BrNO. The molecular weight excluding hydrogens is 314 g/mol. The molecule has 3 heteroatoms. The van der Waals surface area contributed by atoms with Gasteiger partial charge in [0.2, 0.25) is 0 Å². The summed E-state index contributed by atoms with van der Waals surface area (Å²) < 4.78 is 6.73. The average molecular weight is 328 g/mol. The molecule has 0 saturated carbocycles. The first-order valence-corrected chi connectivity index (χ1v) is 7.41. The van der Waals surface area contributed by atoms with Gasteiger partial charge in [-0.15, -0.1) is 0 Å². The molecule has 1 aliphatic heterocycles. The third-order valence-electron chi connectivity index (χ3n) is 3.80. The summed E-state index contributed by atoms with van der Waals surface area (Å²) in [5, 5.41) is 9.80. The standard InChI is InChI=1S/C17H14BrNO/c18-14-5-3-4-13(10-14)11-17(12-19)8-9-20-16-7-2-1-6-15(16)17/h1-7,10H,8-9,11H2. The van der Waals surface area contributed by atoms with E-state index in [1.165, 1.54) is 0 Å². The monoisotopic (exact) mass is 327 g/mol. The number of fused-ring (bicyclic) bond motifs is 1. The fourth-order valence-electron chi connectivity index (χ4n) is 2.79. The van der Waals surface area contributed by atoms with E-state index in [1.807, 2.05) is 36.4 Å². The molecule has 0 aromatic heterocycles. The summed E-state index contributed by atoms with van der Waals surface area (Å²) in [5.41, 5.74) is 1.68. The Morgan fingerprint density at radius 2 is 2.05 bits per heavy atom. The molecule has 1 unspecified atom stereocenters. The van der Waals surface area contributed by atoms with Gasteiger partial charge in [0.05, 0.1) is 18.1 Å². The number of rotatable bonds is 2. The minimum atomic E-state index is -0.490. The third-order valence-corrected chi connectivity index (χ3v) is 4.29. The maximum absolute atomic E-state index is 9.80. The van der Waals surface area contributed by atoms with Gasteiger partial charge >= 0.3 is 0 Å². The van der Waals surface area contributed by atoms with E-state index < -0.39 is 5.41 Å². The van der Waals surface area contributed by atoms with Crippen LogP contribution in [0.1, 0.15) is 17.5 Å². The van der Waals surface area contributed by atoms with Gasteiger partial charge < -0.3 is 4.74 Å². The molecule has 0 radical (unpaired) electrons. The molecule has 0 N–H and O–H groups in total. The van der Waals surface area contributed by atoms with E-state index in [0.29, 0.717) is 13.0 Å². The molecule has 0 aliphatic carbocycles. The Bertz CT molecular complexity index is 677. The summed E-state index contributed by atoms with van der Waals surface area (Å²) >= 11 is 3.49. The van der Waals surface area contributed by atoms with Gasteiger partial charge in [-0.3, -0.25) is 0 Å². The van der Waals surface area contributed by atoms with Crippen molar-refractivity contribution in [1.82, 2.24) is 0 Å². The van der Waals surface area contributed by atoms with Crippen molar-refractivity contribution in [3.05, 3.63) is 64.1 Å². The molecule has 100 valence electrons. The first kappa shape index (κ1) is 13.2. The van der Waals surface area contributed by atoms with Crippen molar-refractivity contribution in [2.45, 2.75) is 18.3 Å². The molecule has 1 aliphatic rings. The summed E-state index contributed by atoms with van der Waals surface area (Å²) in [6.07, 6.45) is 1.44. The number of benzene rings is 2. The van der Waals surface area contributed by atoms with Gasteiger partial charge in [0, 0.05) is 16.5 Å². The Balaban J connectivity index is 2.03. The van der Waals surface area contributed by atoms with Crippen molar-refractivity contribution in [3.8, 4) is 11.8 Å². The molecule has 2 aromatic carbocycles. The lowest BCUT2D eigenvalue weighted by molar-refractivity contribution is 0.241. The summed E-state index contributed by atoms with van der Waals surface area (Å²) in [7, 11) is 0. The molecule has 3 rings (SSSR count). The minimum Gasteiger partial charge on any atom is -0.493 e. The van der Waals surface area contributed by atoms with E-state index in [2.05, 4.69) is 34.1 Å². The van der Waals surface area contributed by atoms with Gasteiger partial charge in [-0.2, -0.15) is 5.26 Å². The fourth-order valence-corrected chi connectivity index (χ4v) is 3.24. The molecule has 0 fully saturated rings. The highest BCUT2D eigenvalue weighted by molar-refractivity contribution is 9.10. The number of nitrogens with zero attached hydrogens (tertiary/aromatic N) is 1. The van der Waals surface area contributed by atoms with Gasteiger partial charge in [0.1, 0.15) is 5.75 Å². The number of para-hydroxylation sites is 1. The van der Waals surface area contributed by atoms with Gasteiger partial charge in [-0.25, -0.2) is 0 Å². The molecule has 0 spiro atoms. The summed E-state index contributed by atoms with van der Waals surface area (Å²) in [6.45, 7) is 0.596. The first-order valence-electron chi connectivity index (χ1n) is 6.61. The smallest absolute Gasteiger partial charge is 0.124 e. The van der Waals surface area contributed by atoms with Crippen LogP contribution in [-0.2, 0) is 11.8 Å². The number of ether oxygens (including phenoxy) is 1. The molecule has 0 amide bonds. The number of halogens is 1. The van der Waals surface area contributed by atoms with Crippen LogP contribution in [0.25, 0.3) is 0 Å². The highest BCUT2D eigenvalue weighted by atomic mass is 79.9.